The monoisotopic (exact) mass is 229 g/mol. The zero-order valence-corrected chi connectivity index (χ0v) is 9.89. The van der Waals surface area contributed by atoms with Crippen LogP contribution in [0.2, 0.25) is 0 Å². The minimum atomic E-state index is -3.15. The molecule has 0 fully saturated rings. The van der Waals surface area contributed by atoms with Crippen LogP contribution >= 0.6 is 0 Å². The van der Waals surface area contributed by atoms with Crippen molar-refractivity contribution in [2.24, 2.45) is 0 Å². The molecule has 0 atom stereocenters. The van der Waals surface area contributed by atoms with Crippen molar-refractivity contribution >= 4 is 9.84 Å². The molecule has 0 aliphatic rings. The lowest BCUT2D eigenvalue weighted by atomic mass is 10.2. The van der Waals surface area contributed by atoms with Crippen molar-refractivity contribution in [3.63, 3.8) is 0 Å². The van der Waals surface area contributed by atoms with Gasteiger partial charge < -0.3 is 10.1 Å². The van der Waals surface area contributed by atoms with Gasteiger partial charge in [-0.2, -0.15) is 0 Å². The summed E-state index contributed by atoms with van der Waals surface area (Å²) < 4.78 is 27.8. The Balaban J connectivity index is 3.22. The molecule has 0 bridgehead atoms. The molecule has 84 valence electrons. The van der Waals surface area contributed by atoms with E-state index >= 15 is 0 Å². The minimum absolute atomic E-state index is 0.313. The molecule has 0 amide bonds. The van der Waals surface area contributed by atoms with E-state index in [1.54, 1.807) is 32.4 Å². The molecule has 0 saturated heterocycles. The van der Waals surface area contributed by atoms with Crippen LogP contribution in [0.25, 0.3) is 0 Å². The SMILES string of the molecule is CNCc1cc(S(C)(=O)=O)ccc1OC. The van der Waals surface area contributed by atoms with E-state index in [-0.39, 0.29) is 0 Å². The van der Waals surface area contributed by atoms with Gasteiger partial charge in [-0.3, -0.25) is 0 Å². The third kappa shape index (κ3) is 2.94. The number of ether oxygens (including phenoxy) is 1. The first-order valence-electron chi connectivity index (χ1n) is 4.50. The van der Waals surface area contributed by atoms with Crippen LogP contribution in [0, 0.1) is 0 Å². The van der Waals surface area contributed by atoms with E-state index in [4.69, 9.17) is 4.74 Å². The molecule has 0 aliphatic carbocycles. The lowest BCUT2D eigenvalue weighted by Crippen LogP contribution is -2.08. The fourth-order valence-corrected chi connectivity index (χ4v) is 1.99. The van der Waals surface area contributed by atoms with Crippen molar-refractivity contribution in [3.05, 3.63) is 23.8 Å². The van der Waals surface area contributed by atoms with Crippen LogP contribution in [0.15, 0.2) is 23.1 Å². The molecule has 1 aromatic rings. The van der Waals surface area contributed by atoms with Gasteiger partial charge in [-0.15, -0.1) is 0 Å². The smallest absolute Gasteiger partial charge is 0.175 e. The van der Waals surface area contributed by atoms with Crippen molar-refractivity contribution in [2.75, 3.05) is 20.4 Å². The average molecular weight is 229 g/mol. The van der Waals surface area contributed by atoms with Gasteiger partial charge in [-0.25, -0.2) is 8.42 Å². The quantitative estimate of drug-likeness (QED) is 0.830. The molecule has 0 heterocycles. The molecular weight excluding hydrogens is 214 g/mol. The van der Waals surface area contributed by atoms with Crippen LogP contribution < -0.4 is 10.1 Å². The van der Waals surface area contributed by atoms with E-state index in [0.29, 0.717) is 17.2 Å². The van der Waals surface area contributed by atoms with Crippen molar-refractivity contribution in [1.29, 1.82) is 0 Å². The Hall–Kier alpha value is -1.07. The maximum Gasteiger partial charge on any atom is 0.175 e. The maximum absolute atomic E-state index is 11.3. The number of benzene rings is 1. The first-order chi connectivity index (χ1) is 6.99. The van der Waals surface area contributed by atoms with Crippen molar-refractivity contribution in [2.45, 2.75) is 11.4 Å². The van der Waals surface area contributed by atoms with Gasteiger partial charge in [0.15, 0.2) is 9.84 Å². The number of methoxy groups -OCH3 is 1. The Morgan fingerprint density at radius 3 is 2.53 bits per heavy atom. The van der Waals surface area contributed by atoms with Crippen LogP contribution in [0.1, 0.15) is 5.56 Å². The second-order valence-corrected chi connectivity index (χ2v) is 5.29. The highest BCUT2D eigenvalue weighted by molar-refractivity contribution is 7.90. The van der Waals surface area contributed by atoms with Gasteiger partial charge in [-0.1, -0.05) is 0 Å². The highest BCUT2D eigenvalue weighted by Crippen LogP contribution is 2.22. The second kappa shape index (κ2) is 4.63. The standard InChI is InChI=1S/C10H15NO3S/c1-11-7-8-6-9(15(3,12)13)4-5-10(8)14-2/h4-6,11H,7H2,1-3H3. The van der Waals surface area contributed by atoms with Gasteiger partial charge in [0, 0.05) is 18.4 Å². The molecule has 0 unspecified atom stereocenters. The van der Waals surface area contributed by atoms with Crippen LogP contribution in [0.5, 0.6) is 5.75 Å². The van der Waals surface area contributed by atoms with Gasteiger partial charge in [-0.05, 0) is 25.2 Å². The van der Waals surface area contributed by atoms with Crippen LogP contribution in [-0.4, -0.2) is 28.8 Å². The molecule has 0 radical (unpaired) electrons. The predicted octanol–water partition coefficient (Wildman–Crippen LogP) is 0.818. The zero-order chi connectivity index (χ0) is 11.5. The first kappa shape index (κ1) is 12.0. The molecule has 5 heteroatoms. The normalized spacial score (nSPS) is 11.4. The summed E-state index contributed by atoms with van der Waals surface area (Å²) in [5, 5.41) is 2.96. The number of nitrogens with one attached hydrogen (secondary N) is 1. The summed E-state index contributed by atoms with van der Waals surface area (Å²) in [6, 6.07) is 4.85. The molecule has 1 rings (SSSR count). The predicted molar refractivity (Wildman–Crippen MR) is 58.9 cm³/mol. The van der Waals surface area contributed by atoms with E-state index in [9.17, 15) is 8.42 Å². The Morgan fingerprint density at radius 1 is 1.40 bits per heavy atom. The van der Waals surface area contributed by atoms with Gasteiger partial charge in [0.1, 0.15) is 5.75 Å². The van der Waals surface area contributed by atoms with Gasteiger partial charge >= 0.3 is 0 Å². The number of sulfone groups is 1. The van der Waals surface area contributed by atoms with E-state index in [2.05, 4.69) is 5.32 Å². The summed E-state index contributed by atoms with van der Waals surface area (Å²) in [4.78, 5) is 0.313. The van der Waals surface area contributed by atoms with E-state index in [1.807, 2.05) is 0 Å². The third-order valence-corrected chi connectivity index (χ3v) is 3.16. The van der Waals surface area contributed by atoms with Gasteiger partial charge in [0.05, 0.1) is 12.0 Å². The van der Waals surface area contributed by atoms with Crippen LogP contribution in [0.4, 0.5) is 0 Å². The van der Waals surface area contributed by atoms with E-state index in [0.717, 1.165) is 5.56 Å². The van der Waals surface area contributed by atoms with Crippen molar-refractivity contribution in [1.82, 2.24) is 5.32 Å². The molecule has 1 aromatic carbocycles. The molecule has 0 aromatic heterocycles. The largest absolute Gasteiger partial charge is 0.496 e. The fourth-order valence-electron chi connectivity index (χ4n) is 1.31. The Morgan fingerprint density at radius 2 is 2.07 bits per heavy atom. The van der Waals surface area contributed by atoms with Crippen molar-refractivity contribution in [3.8, 4) is 5.75 Å². The summed E-state index contributed by atoms with van der Waals surface area (Å²) in [5.74, 6) is 0.691. The Kier molecular flexibility index (Phi) is 3.71. The van der Waals surface area contributed by atoms with E-state index < -0.39 is 9.84 Å². The number of rotatable bonds is 4. The highest BCUT2D eigenvalue weighted by atomic mass is 32.2. The lowest BCUT2D eigenvalue weighted by Gasteiger charge is -2.09. The zero-order valence-electron chi connectivity index (χ0n) is 9.07. The van der Waals surface area contributed by atoms with Crippen LogP contribution in [0.3, 0.4) is 0 Å². The summed E-state index contributed by atoms with van der Waals surface area (Å²) in [5.41, 5.74) is 0.836. The molecular formula is C10H15NO3S. The molecule has 0 spiro atoms. The minimum Gasteiger partial charge on any atom is -0.496 e. The third-order valence-electron chi connectivity index (χ3n) is 2.05. The summed E-state index contributed by atoms with van der Waals surface area (Å²) in [6.07, 6.45) is 1.19. The molecule has 0 aliphatic heterocycles. The molecule has 15 heavy (non-hydrogen) atoms. The summed E-state index contributed by atoms with van der Waals surface area (Å²) in [7, 11) is 0.210. The maximum atomic E-state index is 11.3. The van der Waals surface area contributed by atoms with Gasteiger partial charge in [0.2, 0.25) is 0 Å². The van der Waals surface area contributed by atoms with Crippen molar-refractivity contribution < 1.29 is 13.2 Å². The average Bonchev–Trinajstić information content (AvgIpc) is 2.17. The van der Waals surface area contributed by atoms with Crippen LogP contribution in [-0.2, 0) is 16.4 Å². The molecule has 4 nitrogen and oxygen atoms in total. The first-order valence-corrected chi connectivity index (χ1v) is 6.39. The Labute approximate surface area is 90.2 Å². The lowest BCUT2D eigenvalue weighted by molar-refractivity contribution is 0.408. The molecule has 0 saturated carbocycles. The van der Waals surface area contributed by atoms with Gasteiger partial charge in [0.25, 0.3) is 0 Å². The molecule has 1 N–H and O–H groups in total. The van der Waals surface area contributed by atoms with E-state index in [1.165, 1.54) is 6.26 Å². The topological polar surface area (TPSA) is 55.4 Å². The highest BCUT2D eigenvalue weighted by Gasteiger charge is 2.10. The second-order valence-electron chi connectivity index (χ2n) is 3.28. The fraction of sp³-hybridized carbons (Fsp3) is 0.400. The number of hydrogen-bond donors (Lipinski definition) is 1. The number of hydrogen-bond acceptors (Lipinski definition) is 4. The summed E-state index contributed by atoms with van der Waals surface area (Å²) >= 11 is 0. The Bertz CT molecular complexity index is 440. The summed E-state index contributed by atoms with van der Waals surface area (Å²) in [6.45, 7) is 0.576.